The van der Waals surface area contributed by atoms with Crippen molar-refractivity contribution in [2.75, 3.05) is 23.3 Å². The van der Waals surface area contributed by atoms with Crippen LogP contribution in [0.25, 0.3) is 0 Å². The maximum Gasteiger partial charge on any atom is 0.329 e. The Morgan fingerprint density at radius 1 is 1.11 bits per heavy atom. The summed E-state index contributed by atoms with van der Waals surface area (Å²) in [6.45, 7) is 5.72. The fraction of sp³-hybridized carbons (Fsp3) is 0.211. The Balaban J connectivity index is 1.94. The third-order valence-electron chi connectivity index (χ3n) is 3.82. The highest BCUT2D eigenvalue weighted by Gasteiger charge is 2.13. The molecule has 0 aliphatic carbocycles. The first kappa shape index (κ1) is 20.4. The van der Waals surface area contributed by atoms with Crippen LogP contribution in [0.4, 0.5) is 11.4 Å². The Morgan fingerprint density at radius 2 is 1.78 bits per heavy atom. The number of hydrogen-bond acceptors (Lipinski definition) is 5. The monoisotopic (exact) mass is 432 g/mol. The van der Waals surface area contributed by atoms with Gasteiger partial charge < -0.3 is 15.3 Å². The topological polar surface area (TPSA) is 94.0 Å². The summed E-state index contributed by atoms with van der Waals surface area (Å²) in [5.41, 5.74) is 3.96. The molecule has 142 valence electrons. The maximum absolute atomic E-state index is 11.8. The maximum atomic E-state index is 11.8. The SMILES string of the molecule is CCN(CC)c1ccc(/C=N/NC(=O)C(=O)Nc2ccc(Br)cc2)c(O)c1. The lowest BCUT2D eigenvalue weighted by Gasteiger charge is -2.21. The van der Waals surface area contributed by atoms with Crippen LogP contribution in [0.2, 0.25) is 0 Å². The molecule has 0 unspecified atom stereocenters. The van der Waals surface area contributed by atoms with E-state index in [2.05, 4.69) is 36.7 Å². The summed E-state index contributed by atoms with van der Waals surface area (Å²) in [5, 5.41) is 16.3. The molecule has 8 heteroatoms. The molecule has 0 aromatic heterocycles. The molecule has 2 amide bonds. The van der Waals surface area contributed by atoms with Gasteiger partial charge in [-0.2, -0.15) is 5.10 Å². The van der Waals surface area contributed by atoms with Crippen molar-refractivity contribution in [1.82, 2.24) is 5.43 Å². The van der Waals surface area contributed by atoms with Gasteiger partial charge in [0.1, 0.15) is 5.75 Å². The number of hydrogen-bond donors (Lipinski definition) is 3. The van der Waals surface area contributed by atoms with Crippen LogP contribution >= 0.6 is 15.9 Å². The van der Waals surface area contributed by atoms with Crippen molar-refractivity contribution in [3.8, 4) is 5.75 Å². The first-order chi connectivity index (χ1) is 12.9. The summed E-state index contributed by atoms with van der Waals surface area (Å²) in [6, 6.07) is 12.0. The molecule has 3 N–H and O–H groups in total. The molecule has 0 aliphatic rings. The molecule has 0 atom stereocenters. The zero-order valence-corrected chi connectivity index (χ0v) is 16.7. The molecule has 0 heterocycles. The molecule has 0 spiro atoms. The lowest BCUT2D eigenvalue weighted by atomic mass is 10.2. The number of hydrazone groups is 1. The Bertz CT molecular complexity index is 833. The van der Waals surface area contributed by atoms with Crippen molar-refractivity contribution >= 4 is 45.3 Å². The third kappa shape index (κ3) is 5.82. The zero-order chi connectivity index (χ0) is 19.8. The van der Waals surface area contributed by atoms with Gasteiger partial charge in [0.15, 0.2) is 0 Å². The van der Waals surface area contributed by atoms with E-state index in [0.29, 0.717) is 11.3 Å². The van der Waals surface area contributed by atoms with E-state index in [4.69, 9.17) is 0 Å². The molecule has 27 heavy (non-hydrogen) atoms. The molecular weight excluding hydrogens is 412 g/mol. The second-order valence-electron chi connectivity index (χ2n) is 5.58. The van der Waals surface area contributed by atoms with E-state index < -0.39 is 11.8 Å². The van der Waals surface area contributed by atoms with Gasteiger partial charge in [-0.25, -0.2) is 5.43 Å². The molecule has 0 saturated carbocycles. The van der Waals surface area contributed by atoms with Crippen LogP contribution in [0, 0.1) is 0 Å². The molecule has 2 aromatic carbocycles. The van der Waals surface area contributed by atoms with Gasteiger partial charge >= 0.3 is 11.8 Å². The van der Waals surface area contributed by atoms with Gasteiger partial charge in [0.05, 0.1) is 6.21 Å². The summed E-state index contributed by atoms with van der Waals surface area (Å²) in [6.07, 6.45) is 1.28. The van der Waals surface area contributed by atoms with E-state index in [1.165, 1.54) is 6.21 Å². The molecule has 0 aliphatic heterocycles. The second kappa shape index (κ2) is 9.72. The predicted molar refractivity (Wildman–Crippen MR) is 110 cm³/mol. The van der Waals surface area contributed by atoms with Crippen LogP contribution in [-0.2, 0) is 9.59 Å². The van der Waals surface area contributed by atoms with Crippen molar-refractivity contribution in [3.05, 3.63) is 52.5 Å². The molecular formula is C19H21BrN4O3. The van der Waals surface area contributed by atoms with E-state index in [0.717, 1.165) is 23.2 Å². The highest BCUT2D eigenvalue weighted by Crippen LogP contribution is 2.23. The summed E-state index contributed by atoms with van der Waals surface area (Å²) in [7, 11) is 0. The number of benzene rings is 2. The number of nitrogens with one attached hydrogen (secondary N) is 2. The lowest BCUT2D eigenvalue weighted by molar-refractivity contribution is -0.136. The number of halogens is 1. The van der Waals surface area contributed by atoms with E-state index in [-0.39, 0.29) is 5.75 Å². The third-order valence-corrected chi connectivity index (χ3v) is 4.35. The number of phenolic OH excluding ortho intramolecular Hbond substituents is 1. The smallest absolute Gasteiger partial charge is 0.329 e. The highest BCUT2D eigenvalue weighted by atomic mass is 79.9. The van der Waals surface area contributed by atoms with Crippen LogP contribution in [0.5, 0.6) is 5.75 Å². The van der Waals surface area contributed by atoms with Crippen LogP contribution in [-0.4, -0.2) is 36.2 Å². The van der Waals surface area contributed by atoms with Crippen LogP contribution in [0.3, 0.4) is 0 Å². The number of aromatic hydroxyl groups is 1. The van der Waals surface area contributed by atoms with Gasteiger partial charge in [-0.3, -0.25) is 9.59 Å². The fourth-order valence-electron chi connectivity index (χ4n) is 2.36. The summed E-state index contributed by atoms with van der Waals surface area (Å²) in [4.78, 5) is 25.7. The number of nitrogens with zero attached hydrogens (tertiary/aromatic N) is 2. The quantitative estimate of drug-likeness (QED) is 0.371. The minimum Gasteiger partial charge on any atom is -0.507 e. The number of carbonyl (C=O) groups is 2. The summed E-state index contributed by atoms with van der Waals surface area (Å²) < 4.78 is 0.862. The normalized spacial score (nSPS) is 10.6. The lowest BCUT2D eigenvalue weighted by Crippen LogP contribution is -2.32. The van der Waals surface area contributed by atoms with E-state index in [9.17, 15) is 14.7 Å². The fourth-order valence-corrected chi connectivity index (χ4v) is 2.62. The molecule has 0 saturated heterocycles. The van der Waals surface area contributed by atoms with Crippen molar-refractivity contribution in [2.24, 2.45) is 5.10 Å². The van der Waals surface area contributed by atoms with Crippen LogP contribution < -0.4 is 15.6 Å². The zero-order valence-electron chi connectivity index (χ0n) is 15.1. The van der Waals surface area contributed by atoms with Crippen LogP contribution in [0.1, 0.15) is 19.4 Å². The Morgan fingerprint density at radius 3 is 2.37 bits per heavy atom. The summed E-state index contributed by atoms with van der Waals surface area (Å²) >= 11 is 3.29. The molecule has 0 radical (unpaired) electrons. The first-order valence-electron chi connectivity index (χ1n) is 8.42. The molecule has 0 fully saturated rings. The van der Waals surface area contributed by atoms with E-state index >= 15 is 0 Å². The standard InChI is InChI=1S/C19H21BrN4O3/c1-3-24(4-2)16-10-5-13(17(25)11-16)12-21-23-19(27)18(26)22-15-8-6-14(20)7-9-15/h5-12,25H,3-4H2,1-2H3,(H,22,26)(H,23,27)/b21-12+. The first-order valence-corrected chi connectivity index (χ1v) is 9.21. The summed E-state index contributed by atoms with van der Waals surface area (Å²) in [5.74, 6) is -1.71. The van der Waals surface area contributed by atoms with E-state index in [1.54, 1.807) is 36.4 Å². The Kier molecular flexibility index (Phi) is 7.36. The van der Waals surface area contributed by atoms with Gasteiger partial charge in [0, 0.05) is 40.6 Å². The average molecular weight is 433 g/mol. The van der Waals surface area contributed by atoms with Crippen molar-refractivity contribution in [2.45, 2.75) is 13.8 Å². The molecule has 2 rings (SSSR count). The largest absolute Gasteiger partial charge is 0.507 e. The minimum atomic E-state index is -0.909. The second-order valence-corrected chi connectivity index (χ2v) is 6.49. The van der Waals surface area contributed by atoms with Crippen molar-refractivity contribution in [3.63, 3.8) is 0 Å². The number of rotatable bonds is 6. The Hall–Kier alpha value is -2.87. The van der Waals surface area contributed by atoms with Gasteiger partial charge in [-0.05, 0) is 50.2 Å². The molecule has 0 bridgehead atoms. The van der Waals surface area contributed by atoms with Gasteiger partial charge in [-0.15, -0.1) is 0 Å². The molecule has 7 nitrogen and oxygen atoms in total. The van der Waals surface area contributed by atoms with Gasteiger partial charge in [-0.1, -0.05) is 15.9 Å². The van der Waals surface area contributed by atoms with Crippen molar-refractivity contribution in [1.29, 1.82) is 0 Å². The highest BCUT2D eigenvalue weighted by molar-refractivity contribution is 9.10. The van der Waals surface area contributed by atoms with Gasteiger partial charge in [0.25, 0.3) is 0 Å². The minimum absolute atomic E-state index is 0.0386. The Labute approximate surface area is 166 Å². The number of anilines is 2. The van der Waals surface area contributed by atoms with Crippen molar-refractivity contribution < 1.29 is 14.7 Å². The molecule has 2 aromatic rings. The predicted octanol–water partition coefficient (Wildman–Crippen LogP) is 3.09. The number of phenols is 1. The van der Waals surface area contributed by atoms with Gasteiger partial charge in [0.2, 0.25) is 0 Å². The number of amides is 2. The van der Waals surface area contributed by atoms with Crippen LogP contribution in [0.15, 0.2) is 52.0 Å². The average Bonchev–Trinajstić information content (AvgIpc) is 2.66. The number of carbonyl (C=O) groups excluding carboxylic acids is 2. The van der Waals surface area contributed by atoms with E-state index in [1.807, 2.05) is 19.9 Å².